The van der Waals surface area contributed by atoms with Crippen LogP contribution in [0.5, 0.6) is 0 Å². The first-order chi connectivity index (χ1) is 19.0. The van der Waals surface area contributed by atoms with Gasteiger partial charge in [0.1, 0.15) is 17.2 Å². The highest BCUT2D eigenvalue weighted by Gasteiger charge is 2.23. The second kappa shape index (κ2) is 12.8. The number of hydrogen-bond donors (Lipinski definition) is 2. The number of anilines is 1. The predicted molar refractivity (Wildman–Crippen MR) is 155 cm³/mol. The first-order valence-electron chi connectivity index (χ1n) is 13.9. The Morgan fingerprint density at radius 3 is 2.58 bits per heavy atom. The number of carbonyl (C=O) groups excluding carboxylic acids is 1. The van der Waals surface area contributed by atoms with Crippen molar-refractivity contribution >= 4 is 11.9 Å². The van der Waals surface area contributed by atoms with E-state index in [0.29, 0.717) is 31.5 Å². The maximum atomic E-state index is 12.2. The van der Waals surface area contributed by atoms with Crippen LogP contribution in [0, 0.1) is 20.8 Å². The van der Waals surface area contributed by atoms with Gasteiger partial charge in [-0.05, 0) is 66.0 Å². The molecule has 40 heavy (non-hydrogen) atoms. The number of likely N-dealkylation sites (N-methyl/N-ethyl adjacent to an activating group) is 1. The average molecular weight is 551 g/mol. The van der Waals surface area contributed by atoms with E-state index in [-0.39, 0.29) is 6.09 Å². The molecule has 0 spiro atoms. The van der Waals surface area contributed by atoms with Crippen LogP contribution in [0.2, 0.25) is 0 Å². The summed E-state index contributed by atoms with van der Waals surface area (Å²) in [6, 6.07) is 8.51. The summed E-state index contributed by atoms with van der Waals surface area (Å²) >= 11 is 0. The molecule has 3 aromatic rings. The Labute approximate surface area is 236 Å². The number of aromatic nitrogens is 3. The molecule has 0 radical (unpaired) electrons. The van der Waals surface area contributed by atoms with Gasteiger partial charge in [0.2, 0.25) is 0 Å². The zero-order valence-corrected chi connectivity index (χ0v) is 24.8. The summed E-state index contributed by atoms with van der Waals surface area (Å²) in [7, 11) is 1.74. The molecule has 2 N–H and O–H groups in total. The van der Waals surface area contributed by atoms with E-state index in [2.05, 4.69) is 27.9 Å². The zero-order valence-electron chi connectivity index (χ0n) is 24.8. The Hall–Kier alpha value is -3.50. The van der Waals surface area contributed by atoms with E-state index in [0.717, 1.165) is 71.3 Å². The van der Waals surface area contributed by atoms with Gasteiger partial charge in [-0.15, -0.1) is 0 Å². The quantitative estimate of drug-likeness (QED) is 0.344. The van der Waals surface area contributed by atoms with Crippen molar-refractivity contribution in [3.05, 3.63) is 46.8 Å². The summed E-state index contributed by atoms with van der Waals surface area (Å²) in [5.74, 6) is 2.19. The first-order valence-corrected chi connectivity index (χ1v) is 13.9. The third kappa shape index (κ3) is 7.57. The third-order valence-corrected chi connectivity index (χ3v) is 6.82. The Bertz CT molecular complexity index is 1290. The standard InChI is InChI=1S/C30H42N6O4/c1-19-26(25-20(2)35-40-21(25)3)33-28(34-27(19)32-24-11-15-38-16-12-24)23-10-8-9-22(17-23)18-31-13-14-36(7)29(37)39-30(4,5)6/h8-10,17,24,31H,11-16,18H2,1-7H3,(H,32,33,34). The molecule has 2 aromatic heterocycles. The van der Waals surface area contributed by atoms with E-state index < -0.39 is 5.60 Å². The lowest BCUT2D eigenvalue weighted by atomic mass is 10.0. The Morgan fingerprint density at radius 2 is 1.90 bits per heavy atom. The van der Waals surface area contributed by atoms with Gasteiger partial charge < -0.3 is 29.5 Å². The van der Waals surface area contributed by atoms with Crippen molar-refractivity contribution in [2.24, 2.45) is 0 Å². The fraction of sp³-hybridized carbons (Fsp3) is 0.533. The molecule has 1 aliphatic rings. The number of nitrogens with zero attached hydrogens (tertiary/aromatic N) is 4. The number of hydrogen-bond acceptors (Lipinski definition) is 9. The highest BCUT2D eigenvalue weighted by molar-refractivity contribution is 5.74. The lowest BCUT2D eigenvalue weighted by Crippen LogP contribution is -2.37. The van der Waals surface area contributed by atoms with Crippen molar-refractivity contribution < 1.29 is 18.8 Å². The normalized spacial score (nSPS) is 14.3. The number of carbonyl (C=O) groups is 1. The van der Waals surface area contributed by atoms with Crippen molar-refractivity contribution in [2.45, 2.75) is 72.6 Å². The van der Waals surface area contributed by atoms with Crippen LogP contribution in [-0.4, -0.2) is 71.1 Å². The van der Waals surface area contributed by atoms with Gasteiger partial charge in [-0.3, -0.25) is 0 Å². The smallest absolute Gasteiger partial charge is 0.410 e. The molecule has 0 atom stereocenters. The fourth-order valence-electron chi connectivity index (χ4n) is 4.62. The second-order valence-electron chi connectivity index (χ2n) is 11.4. The van der Waals surface area contributed by atoms with Crippen molar-refractivity contribution in [1.29, 1.82) is 0 Å². The molecule has 0 saturated carbocycles. The second-order valence-corrected chi connectivity index (χ2v) is 11.4. The predicted octanol–water partition coefficient (Wildman–Crippen LogP) is 5.27. The van der Waals surface area contributed by atoms with Crippen LogP contribution in [0.1, 0.15) is 56.2 Å². The largest absolute Gasteiger partial charge is 0.444 e. The number of aryl methyl sites for hydroxylation is 2. The van der Waals surface area contributed by atoms with Gasteiger partial charge in [0.05, 0.1) is 17.0 Å². The lowest BCUT2D eigenvalue weighted by Gasteiger charge is -2.25. The topological polar surface area (TPSA) is 115 Å². The van der Waals surface area contributed by atoms with Crippen LogP contribution in [0.15, 0.2) is 28.8 Å². The number of nitrogens with one attached hydrogen (secondary N) is 2. The summed E-state index contributed by atoms with van der Waals surface area (Å²) < 4.78 is 16.4. The molecule has 0 bridgehead atoms. The molecule has 0 aliphatic carbocycles. The van der Waals surface area contributed by atoms with Crippen LogP contribution in [-0.2, 0) is 16.0 Å². The molecule has 1 amide bonds. The number of rotatable bonds is 9. The first kappa shape index (κ1) is 29.5. The van der Waals surface area contributed by atoms with E-state index in [1.165, 1.54) is 0 Å². The van der Waals surface area contributed by atoms with Crippen molar-refractivity contribution in [2.75, 3.05) is 38.7 Å². The Balaban J connectivity index is 1.52. The maximum absolute atomic E-state index is 12.2. The molecule has 3 heterocycles. The Kier molecular flexibility index (Phi) is 9.42. The van der Waals surface area contributed by atoms with Crippen molar-refractivity contribution in [1.82, 2.24) is 25.3 Å². The van der Waals surface area contributed by atoms with E-state index in [4.69, 9.17) is 24.0 Å². The monoisotopic (exact) mass is 550 g/mol. The van der Waals surface area contributed by atoms with Crippen LogP contribution in [0.25, 0.3) is 22.6 Å². The van der Waals surface area contributed by atoms with E-state index in [1.807, 2.05) is 53.7 Å². The van der Waals surface area contributed by atoms with Gasteiger partial charge in [0.25, 0.3) is 0 Å². The molecule has 1 aromatic carbocycles. The van der Waals surface area contributed by atoms with Gasteiger partial charge in [-0.25, -0.2) is 14.8 Å². The van der Waals surface area contributed by atoms with Crippen LogP contribution < -0.4 is 10.6 Å². The number of ether oxygens (including phenoxy) is 2. The lowest BCUT2D eigenvalue weighted by molar-refractivity contribution is 0.0300. The van der Waals surface area contributed by atoms with Crippen LogP contribution in [0.3, 0.4) is 0 Å². The van der Waals surface area contributed by atoms with Gasteiger partial charge in [0, 0.05) is 57.1 Å². The zero-order chi connectivity index (χ0) is 28.9. The summed E-state index contributed by atoms with van der Waals surface area (Å²) in [4.78, 5) is 23.8. The molecule has 4 rings (SSSR count). The molecule has 1 aliphatic heterocycles. The summed E-state index contributed by atoms with van der Waals surface area (Å²) in [5, 5.41) is 11.2. The van der Waals surface area contributed by atoms with Gasteiger partial charge in [0.15, 0.2) is 5.82 Å². The fourth-order valence-corrected chi connectivity index (χ4v) is 4.62. The van der Waals surface area contributed by atoms with Crippen LogP contribution >= 0.6 is 0 Å². The van der Waals surface area contributed by atoms with Gasteiger partial charge in [-0.2, -0.15) is 0 Å². The number of amides is 1. The van der Waals surface area contributed by atoms with Gasteiger partial charge in [-0.1, -0.05) is 23.4 Å². The van der Waals surface area contributed by atoms with Gasteiger partial charge >= 0.3 is 6.09 Å². The maximum Gasteiger partial charge on any atom is 0.410 e. The molecule has 10 nitrogen and oxygen atoms in total. The molecule has 1 fully saturated rings. The highest BCUT2D eigenvalue weighted by atomic mass is 16.6. The number of benzene rings is 1. The highest BCUT2D eigenvalue weighted by Crippen LogP contribution is 2.33. The molecule has 0 unspecified atom stereocenters. The SMILES string of the molecule is Cc1noc(C)c1-c1nc(-c2cccc(CNCCN(C)C(=O)OC(C)(C)C)c2)nc(NC2CCOCC2)c1C. The average Bonchev–Trinajstić information content (AvgIpc) is 3.25. The third-order valence-electron chi connectivity index (χ3n) is 6.82. The minimum atomic E-state index is -0.511. The van der Waals surface area contributed by atoms with Crippen LogP contribution in [0.4, 0.5) is 10.6 Å². The molecular formula is C30H42N6O4. The van der Waals surface area contributed by atoms with E-state index in [1.54, 1.807) is 11.9 Å². The van der Waals surface area contributed by atoms with E-state index >= 15 is 0 Å². The summed E-state index contributed by atoms with van der Waals surface area (Å²) in [5.41, 5.74) is 5.01. The molecule has 216 valence electrons. The van der Waals surface area contributed by atoms with E-state index in [9.17, 15) is 4.79 Å². The molecule has 10 heteroatoms. The van der Waals surface area contributed by atoms with Crippen molar-refractivity contribution in [3.63, 3.8) is 0 Å². The minimum Gasteiger partial charge on any atom is -0.444 e. The van der Waals surface area contributed by atoms with Crippen molar-refractivity contribution in [3.8, 4) is 22.6 Å². The summed E-state index contributed by atoms with van der Waals surface area (Å²) in [6.45, 7) is 14.8. The Morgan fingerprint density at radius 1 is 1.15 bits per heavy atom. The molecule has 1 saturated heterocycles. The minimum absolute atomic E-state index is 0.294. The summed E-state index contributed by atoms with van der Waals surface area (Å²) in [6.07, 6.45) is 1.54. The molecular weight excluding hydrogens is 508 g/mol.